The topological polar surface area (TPSA) is 89.0 Å². The summed E-state index contributed by atoms with van der Waals surface area (Å²) in [5.74, 6) is 0.382. The molecule has 2 N–H and O–H groups in total. The Bertz CT molecular complexity index is 1010. The van der Waals surface area contributed by atoms with Crippen molar-refractivity contribution in [1.29, 1.82) is 0 Å². The smallest absolute Gasteiger partial charge is 0.232 e. The molecule has 0 bridgehead atoms. The Hall–Kier alpha value is -3.13. The van der Waals surface area contributed by atoms with E-state index in [0.717, 1.165) is 28.3 Å². The lowest BCUT2D eigenvalue weighted by atomic mass is 10.1. The Morgan fingerprint density at radius 2 is 2.00 bits per heavy atom. The molecule has 30 heavy (non-hydrogen) atoms. The van der Waals surface area contributed by atoms with Gasteiger partial charge in [-0.05, 0) is 56.0 Å². The van der Waals surface area contributed by atoms with Crippen molar-refractivity contribution in [3.05, 3.63) is 60.7 Å². The highest BCUT2D eigenvalue weighted by Crippen LogP contribution is 2.34. The maximum absolute atomic E-state index is 12.4. The molecular formula is C22H23N5O2S. The lowest BCUT2D eigenvalue weighted by molar-refractivity contribution is -0.115. The summed E-state index contributed by atoms with van der Waals surface area (Å²) in [6.07, 6.45) is 7.75. The van der Waals surface area contributed by atoms with E-state index in [9.17, 15) is 4.79 Å². The molecule has 7 nitrogen and oxygen atoms in total. The largest absolute Gasteiger partial charge is 0.477 e. The van der Waals surface area contributed by atoms with Crippen LogP contribution < -0.4 is 14.8 Å². The zero-order valence-corrected chi connectivity index (χ0v) is 17.5. The van der Waals surface area contributed by atoms with Crippen molar-refractivity contribution in [2.75, 3.05) is 16.6 Å². The Labute approximate surface area is 179 Å². The van der Waals surface area contributed by atoms with Crippen molar-refractivity contribution in [3.8, 4) is 17.1 Å². The number of benzene rings is 1. The van der Waals surface area contributed by atoms with Crippen molar-refractivity contribution >= 4 is 29.2 Å². The van der Waals surface area contributed by atoms with E-state index in [1.807, 2.05) is 43.3 Å². The number of hydrogen-bond donors (Lipinski definition) is 2. The first-order valence-electron chi connectivity index (χ1n) is 9.91. The van der Waals surface area contributed by atoms with Crippen LogP contribution in [0.4, 0.5) is 11.4 Å². The second kappa shape index (κ2) is 9.58. The molecule has 2 heterocycles. The van der Waals surface area contributed by atoms with Crippen molar-refractivity contribution in [3.63, 3.8) is 0 Å². The maximum atomic E-state index is 12.4. The number of nitrogens with one attached hydrogen (secondary N) is 2. The third kappa shape index (κ3) is 5.70. The average molecular weight is 422 g/mol. The summed E-state index contributed by atoms with van der Waals surface area (Å²) in [7, 11) is 0. The first-order valence-corrected chi connectivity index (χ1v) is 10.8. The summed E-state index contributed by atoms with van der Waals surface area (Å²) < 4.78 is 8.73. The summed E-state index contributed by atoms with van der Waals surface area (Å²) in [5, 5.41) is 3.62. The molecular weight excluding hydrogens is 398 g/mol. The van der Waals surface area contributed by atoms with E-state index in [-0.39, 0.29) is 12.3 Å². The van der Waals surface area contributed by atoms with Crippen LogP contribution in [0.25, 0.3) is 11.3 Å². The van der Waals surface area contributed by atoms with Crippen LogP contribution in [0.1, 0.15) is 25.5 Å². The molecule has 0 radical (unpaired) electrons. The van der Waals surface area contributed by atoms with Gasteiger partial charge in [0.2, 0.25) is 11.8 Å². The van der Waals surface area contributed by atoms with Crippen molar-refractivity contribution in [2.24, 2.45) is 0 Å². The van der Waals surface area contributed by atoms with Gasteiger partial charge in [-0.25, -0.2) is 4.98 Å². The van der Waals surface area contributed by atoms with Gasteiger partial charge in [-0.1, -0.05) is 12.1 Å². The van der Waals surface area contributed by atoms with Crippen LogP contribution in [0.5, 0.6) is 5.88 Å². The maximum Gasteiger partial charge on any atom is 0.232 e. The van der Waals surface area contributed by atoms with E-state index >= 15 is 0 Å². The van der Waals surface area contributed by atoms with Gasteiger partial charge >= 0.3 is 0 Å². The minimum Gasteiger partial charge on any atom is -0.477 e. The van der Waals surface area contributed by atoms with Gasteiger partial charge in [-0.3, -0.25) is 14.8 Å². The molecule has 1 fully saturated rings. The standard InChI is InChI=1S/C22H23N5O2S/c1-2-29-22-14-23-13-20(26-22)15-3-5-16(6-4-15)25-21(28)12-18-11-17(9-10-24-18)27-30-19-7-8-19/h3-6,9-11,13-14,19H,2,7-8,12H2,1H3,(H,24,27)(H,25,28). The molecule has 0 aliphatic heterocycles. The second-order valence-electron chi connectivity index (χ2n) is 6.93. The fourth-order valence-corrected chi connectivity index (χ4v) is 3.58. The summed E-state index contributed by atoms with van der Waals surface area (Å²) in [4.78, 5) is 25.3. The van der Waals surface area contributed by atoms with E-state index in [2.05, 4.69) is 25.0 Å². The molecule has 154 valence electrons. The van der Waals surface area contributed by atoms with E-state index < -0.39 is 0 Å². The highest BCUT2D eigenvalue weighted by Gasteiger charge is 2.22. The van der Waals surface area contributed by atoms with Crippen molar-refractivity contribution in [1.82, 2.24) is 15.0 Å². The third-order valence-electron chi connectivity index (χ3n) is 4.40. The first kappa shape index (κ1) is 20.2. The third-order valence-corrected chi connectivity index (χ3v) is 5.55. The number of amides is 1. The van der Waals surface area contributed by atoms with Gasteiger partial charge in [-0.2, -0.15) is 0 Å². The quantitative estimate of drug-likeness (QED) is 0.497. The molecule has 1 aromatic carbocycles. The predicted molar refractivity (Wildman–Crippen MR) is 119 cm³/mol. The van der Waals surface area contributed by atoms with Crippen LogP contribution in [0.2, 0.25) is 0 Å². The van der Waals surface area contributed by atoms with E-state index in [0.29, 0.717) is 17.7 Å². The zero-order chi connectivity index (χ0) is 20.8. The van der Waals surface area contributed by atoms with Crippen molar-refractivity contribution < 1.29 is 9.53 Å². The van der Waals surface area contributed by atoms with Crippen LogP contribution in [0.3, 0.4) is 0 Å². The van der Waals surface area contributed by atoms with Crippen LogP contribution in [-0.2, 0) is 11.2 Å². The number of ether oxygens (including phenoxy) is 1. The number of carbonyl (C=O) groups is 1. The van der Waals surface area contributed by atoms with E-state index in [1.165, 1.54) is 12.8 Å². The SMILES string of the molecule is CCOc1cncc(-c2ccc(NC(=O)Cc3cc(NSC4CC4)ccn3)cc2)n1. The monoisotopic (exact) mass is 421 g/mol. The minimum absolute atomic E-state index is 0.111. The molecule has 8 heteroatoms. The fourth-order valence-electron chi connectivity index (χ4n) is 2.77. The van der Waals surface area contributed by atoms with E-state index in [1.54, 1.807) is 30.5 Å². The van der Waals surface area contributed by atoms with Gasteiger partial charge in [0.05, 0.1) is 36.8 Å². The van der Waals surface area contributed by atoms with Gasteiger partial charge in [0, 0.05) is 28.4 Å². The second-order valence-corrected chi connectivity index (χ2v) is 8.04. The predicted octanol–water partition coefficient (Wildman–Crippen LogP) is 4.34. The van der Waals surface area contributed by atoms with Crippen LogP contribution in [0.15, 0.2) is 55.0 Å². The molecule has 0 saturated heterocycles. The van der Waals surface area contributed by atoms with Gasteiger partial charge in [0.15, 0.2) is 0 Å². The van der Waals surface area contributed by atoms with E-state index in [4.69, 9.17) is 4.74 Å². The molecule has 0 spiro atoms. The number of aromatic nitrogens is 3. The number of rotatable bonds is 9. The summed E-state index contributed by atoms with van der Waals surface area (Å²) in [6, 6.07) is 11.3. The van der Waals surface area contributed by atoms with Crippen molar-refractivity contribution in [2.45, 2.75) is 31.4 Å². The Balaban J connectivity index is 1.34. The van der Waals surface area contributed by atoms with Gasteiger partial charge < -0.3 is 14.8 Å². The number of pyridine rings is 1. The molecule has 1 aliphatic carbocycles. The average Bonchev–Trinajstić information content (AvgIpc) is 3.58. The van der Waals surface area contributed by atoms with Crippen LogP contribution in [0, 0.1) is 0 Å². The molecule has 3 aromatic rings. The molecule has 1 amide bonds. The Morgan fingerprint density at radius 1 is 1.17 bits per heavy atom. The fraction of sp³-hybridized carbons (Fsp3) is 0.273. The molecule has 2 aromatic heterocycles. The Morgan fingerprint density at radius 3 is 2.77 bits per heavy atom. The number of anilines is 2. The normalized spacial score (nSPS) is 13.0. The molecule has 0 unspecified atom stereocenters. The molecule has 1 saturated carbocycles. The number of hydrogen-bond acceptors (Lipinski definition) is 7. The van der Waals surface area contributed by atoms with Crippen LogP contribution in [-0.4, -0.2) is 32.7 Å². The number of carbonyl (C=O) groups excluding carboxylic acids is 1. The zero-order valence-electron chi connectivity index (χ0n) is 16.7. The molecule has 4 rings (SSSR count). The Kier molecular flexibility index (Phi) is 6.44. The summed E-state index contributed by atoms with van der Waals surface area (Å²) in [5.41, 5.74) is 4.04. The van der Waals surface area contributed by atoms with Crippen LogP contribution >= 0.6 is 11.9 Å². The molecule has 1 aliphatic rings. The minimum atomic E-state index is -0.111. The highest BCUT2D eigenvalue weighted by molar-refractivity contribution is 8.01. The molecule has 0 atom stereocenters. The van der Waals surface area contributed by atoms with Gasteiger partial charge in [0.1, 0.15) is 0 Å². The number of nitrogens with zero attached hydrogens (tertiary/aromatic N) is 3. The first-order chi connectivity index (χ1) is 14.7. The summed E-state index contributed by atoms with van der Waals surface area (Å²) in [6.45, 7) is 2.44. The van der Waals surface area contributed by atoms with Gasteiger partial charge in [0.25, 0.3) is 0 Å². The highest BCUT2D eigenvalue weighted by atomic mass is 32.2. The lowest BCUT2D eigenvalue weighted by Crippen LogP contribution is -2.15. The lowest BCUT2D eigenvalue weighted by Gasteiger charge is -2.08. The van der Waals surface area contributed by atoms with Gasteiger partial charge in [-0.15, -0.1) is 0 Å². The summed E-state index contributed by atoms with van der Waals surface area (Å²) >= 11 is 1.73.